The molecule has 3 rings (SSSR count). The normalized spacial score (nSPS) is 11.5. The van der Waals surface area contributed by atoms with Gasteiger partial charge in [-0.05, 0) is 53.7 Å². The minimum absolute atomic E-state index is 0.0431. The van der Waals surface area contributed by atoms with E-state index in [0.29, 0.717) is 38.8 Å². The lowest BCUT2D eigenvalue weighted by Gasteiger charge is -2.11. The van der Waals surface area contributed by atoms with Gasteiger partial charge in [0.05, 0.1) is 0 Å². The van der Waals surface area contributed by atoms with Gasteiger partial charge in [0.1, 0.15) is 23.1 Å². The molecule has 1 aromatic heterocycles. The first-order valence-electron chi connectivity index (χ1n) is 8.65. The molecule has 0 radical (unpaired) electrons. The summed E-state index contributed by atoms with van der Waals surface area (Å²) in [5.74, 6) is 0.0853. The number of nitrogens with one attached hydrogen (secondary N) is 1. The molecule has 0 aliphatic rings. The van der Waals surface area contributed by atoms with E-state index in [0.717, 1.165) is 17.3 Å². The minimum Gasteiger partial charge on any atom is -0.488 e. The second kappa shape index (κ2) is 9.82. The number of aromatic amines is 1. The molecular weight excluding hydrogens is 433 g/mol. The van der Waals surface area contributed by atoms with Gasteiger partial charge in [0.2, 0.25) is 5.16 Å². The lowest BCUT2D eigenvalue weighted by atomic mass is 10.2. The zero-order valence-corrected chi connectivity index (χ0v) is 17.7. The third-order valence-electron chi connectivity index (χ3n) is 3.80. The first-order chi connectivity index (χ1) is 13.9. The van der Waals surface area contributed by atoms with Gasteiger partial charge in [0, 0.05) is 22.0 Å². The van der Waals surface area contributed by atoms with Crippen molar-refractivity contribution in [2.45, 2.75) is 25.1 Å². The maximum Gasteiger partial charge on any atom is 0.342 e. The van der Waals surface area contributed by atoms with Crippen LogP contribution in [0.3, 0.4) is 0 Å². The number of aromatic nitrogens is 3. The fourth-order valence-electron chi connectivity index (χ4n) is 2.41. The highest BCUT2D eigenvalue weighted by Crippen LogP contribution is 2.31. The zero-order chi connectivity index (χ0) is 20.8. The Morgan fingerprint density at radius 2 is 2.03 bits per heavy atom. The number of aliphatic carboxylic acids is 1. The van der Waals surface area contributed by atoms with Gasteiger partial charge in [0.25, 0.3) is 0 Å². The van der Waals surface area contributed by atoms with Crippen molar-refractivity contribution in [2.24, 2.45) is 0 Å². The average molecular weight is 450 g/mol. The molecule has 9 heteroatoms. The first kappa shape index (κ1) is 21.2. The third-order valence-corrected chi connectivity index (χ3v) is 5.15. The predicted octanol–water partition coefficient (Wildman–Crippen LogP) is 5.47. The number of hydrogen-bond acceptors (Lipinski definition) is 5. The van der Waals surface area contributed by atoms with Crippen molar-refractivity contribution in [1.82, 2.24) is 15.2 Å². The van der Waals surface area contributed by atoms with Crippen molar-refractivity contribution in [3.05, 3.63) is 74.4 Å². The van der Waals surface area contributed by atoms with Crippen molar-refractivity contribution in [2.75, 3.05) is 0 Å². The number of benzene rings is 2. The topological polar surface area (TPSA) is 88.1 Å². The van der Waals surface area contributed by atoms with Crippen LogP contribution in [0.15, 0.2) is 52.5 Å². The van der Waals surface area contributed by atoms with E-state index in [9.17, 15) is 9.90 Å². The summed E-state index contributed by atoms with van der Waals surface area (Å²) in [7, 11) is 0. The van der Waals surface area contributed by atoms with E-state index in [1.54, 1.807) is 30.3 Å². The summed E-state index contributed by atoms with van der Waals surface area (Å²) in [4.78, 5) is 16.0. The van der Waals surface area contributed by atoms with Crippen molar-refractivity contribution in [3.8, 4) is 5.75 Å². The van der Waals surface area contributed by atoms with Gasteiger partial charge in [-0.25, -0.2) is 9.78 Å². The third kappa shape index (κ3) is 6.00. The standard InChI is InChI=1S/C20H17Cl2N3O3S/c1-2-18-23-20(25-24-18)29-17(19(26)27)10-13-9-15(22)6-7-16(13)28-11-12-4-3-5-14(21)8-12/h3-10H,2,11H2,1H3,(H,26,27)(H,23,24,25)/b17-10-. The number of nitrogens with zero attached hydrogens (tertiary/aromatic N) is 2. The van der Waals surface area contributed by atoms with Crippen molar-refractivity contribution in [1.29, 1.82) is 0 Å². The van der Waals surface area contributed by atoms with E-state index in [-0.39, 0.29) is 11.5 Å². The Hall–Kier alpha value is -2.48. The van der Waals surface area contributed by atoms with Crippen LogP contribution in [0.2, 0.25) is 10.0 Å². The molecule has 0 bridgehead atoms. The lowest BCUT2D eigenvalue weighted by Crippen LogP contribution is -2.00. The lowest BCUT2D eigenvalue weighted by molar-refractivity contribution is -0.131. The molecule has 150 valence electrons. The molecule has 2 N–H and O–H groups in total. The van der Waals surface area contributed by atoms with Crippen LogP contribution in [-0.4, -0.2) is 26.3 Å². The molecular formula is C20H17Cl2N3O3S. The number of hydrogen-bond donors (Lipinski definition) is 2. The molecule has 0 atom stereocenters. The Morgan fingerprint density at radius 1 is 1.24 bits per heavy atom. The van der Waals surface area contributed by atoms with Crippen LogP contribution in [0.1, 0.15) is 23.9 Å². The van der Waals surface area contributed by atoms with E-state index in [1.807, 2.05) is 19.1 Å². The van der Waals surface area contributed by atoms with Gasteiger partial charge in [0.15, 0.2) is 0 Å². The van der Waals surface area contributed by atoms with Crippen molar-refractivity contribution in [3.63, 3.8) is 0 Å². The number of aryl methyl sites for hydroxylation is 1. The van der Waals surface area contributed by atoms with Gasteiger partial charge >= 0.3 is 5.97 Å². The largest absolute Gasteiger partial charge is 0.488 e. The van der Waals surface area contributed by atoms with E-state index >= 15 is 0 Å². The quantitative estimate of drug-likeness (QED) is 0.350. The zero-order valence-electron chi connectivity index (χ0n) is 15.4. The first-order valence-corrected chi connectivity index (χ1v) is 10.2. The van der Waals surface area contributed by atoms with Crippen LogP contribution in [0.5, 0.6) is 5.75 Å². The number of carbonyl (C=O) groups is 1. The SMILES string of the molecule is CCc1nc(S/C(=C\c2cc(Cl)ccc2OCc2cccc(Cl)c2)C(=O)O)n[nH]1. The summed E-state index contributed by atoms with van der Waals surface area (Å²) in [6.45, 7) is 2.21. The highest BCUT2D eigenvalue weighted by molar-refractivity contribution is 8.04. The Bertz CT molecular complexity index is 1050. The average Bonchev–Trinajstić information content (AvgIpc) is 3.14. The molecule has 0 saturated carbocycles. The number of carboxylic acids is 1. The summed E-state index contributed by atoms with van der Waals surface area (Å²) < 4.78 is 5.88. The summed E-state index contributed by atoms with van der Waals surface area (Å²) in [5.41, 5.74) is 1.43. The molecule has 0 aliphatic heterocycles. The van der Waals surface area contributed by atoms with Crippen LogP contribution in [0.4, 0.5) is 0 Å². The van der Waals surface area contributed by atoms with Gasteiger partial charge in [-0.1, -0.05) is 42.3 Å². The smallest absolute Gasteiger partial charge is 0.342 e. The van der Waals surface area contributed by atoms with E-state index in [1.165, 1.54) is 6.08 Å². The summed E-state index contributed by atoms with van der Waals surface area (Å²) >= 11 is 13.1. The number of rotatable bonds is 8. The van der Waals surface area contributed by atoms with E-state index in [4.69, 9.17) is 27.9 Å². The highest BCUT2D eigenvalue weighted by atomic mass is 35.5. The molecule has 2 aromatic carbocycles. The van der Waals surface area contributed by atoms with Crippen molar-refractivity contribution < 1.29 is 14.6 Å². The molecule has 0 amide bonds. The van der Waals surface area contributed by atoms with Crippen LogP contribution in [0, 0.1) is 0 Å². The van der Waals surface area contributed by atoms with Crippen LogP contribution < -0.4 is 4.74 Å². The summed E-state index contributed by atoms with van der Waals surface area (Å²) in [6.07, 6.45) is 2.17. The van der Waals surface area contributed by atoms with Crippen LogP contribution in [0.25, 0.3) is 6.08 Å². The van der Waals surface area contributed by atoms with E-state index < -0.39 is 5.97 Å². The molecule has 0 unspecified atom stereocenters. The molecule has 0 fully saturated rings. The van der Waals surface area contributed by atoms with Gasteiger partial charge in [-0.3, -0.25) is 5.10 Å². The van der Waals surface area contributed by atoms with Crippen molar-refractivity contribution >= 4 is 47.0 Å². The van der Waals surface area contributed by atoms with Crippen LogP contribution in [-0.2, 0) is 17.8 Å². The Labute approximate surface area is 181 Å². The van der Waals surface area contributed by atoms with Gasteiger partial charge < -0.3 is 9.84 Å². The highest BCUT2D eigenvalue weighted by Gasteiger charge is 2.15. The molecule has 29 heavy (non-hydrogen) atoms. The maximum atomic E-state index is 11.8. The molecule has 3 aromatic rings. The number of carboxylic acid groups (broad SMARTS) is 1. The monoisotopic (exact) mass is 449 g/mol. The van der Waals surface area contributed by atoms with Gasteiger partial charge in [-0.15, -0.1) is 5.10 Å². The molecule has 6 nitrogen and oxygen atoms in total. The fourth-order valence-corrected chi connectivity index (χ4v) is 3.52. The second-order valence-electron chi connectivity index (χ2n) is 5.93. The summed E-state index contributed by atoms with van der Waals surface area (Å²) in [6, 6.07) is 12.3. The molecule has 0 spiro atoms. The maximum absolute atomic E-state index is 11.8. The second-order valence-corrected chi connectivity index (χ2v) is 7.82. The van der Waals surface area contributed by atoms with E-state index in [2.05, 4.69) is 15.2 Å². The number of H-pyrrole nitrogens is 1. The van der Waals surface area contributed by atoms with Gasteiger partial charge in [-0.2, -0.15) is 0 Å². The Kier molecular flexibility index (Phi) is 7.19. The predicted molar refractivity (Wildman–Crippen MR) is 114 cm³/mol. The molecule has 1 heterocycles. The Balaban J connectivity index is 1.86. The van der Waals surface area contributed by atoms with Crippen LogP contribution >= 0.6 is 35.0 Å². The number of halogens is 2. The number of thioether (sulfide) groups is 1. The fraction of sp³-hybridized carbons (Fsp3) is 0.150. The molecule has 0 aliphatic carbocycles. The Morgan fingerprint density at radius 3 is 2.72 bits per heavy atom. The summed E-state index contributed by atoms with van der Waals surface area (Å²) in [5, 5.41) is 17.8. The molecule has 0 saturated heterocycles. The number of ether oxygens (including phenoxy) is 1. The minimum atomic E-state index is -1.10.